The average molecular weight is 404 g/mol. The molecule has 0 aliphatic rings. The Bertz CT molecular complexity index is 909. The zero-order valence-corrected chi connectivity index (χ0v) is 16.9. The lowest BCUT2D eigenvalue weighted by Gasteiger charge is -2.28. The molecule has 150 valence electrons. The van der Waals surface area contributed by atoms with Gasteiger partial charge < -0.3 is 14.8 Å². The van der Waals surface area contributed by atoms with Gasteiger partial charge in [-0.25, -0.2) is 8.42 Å². The van der Waals surface area contributed by atoms with Gasteiger partial charge in [-0.1, -0.05) is 12.7 Å². The second kappa shape index (κ2) is 9.27. The first-order valence-electron chi connectivity index (χ1n) is 8.54. The summed E-state index contributed by atoms with van der Waals surface area (Å²) < 4.78 is 36.2. The largest absolute Gasteiger partial charge is 0.497 e. The summed E-state index contributed by atoms with van der Waals surface area (Å²) >= 11 is 0. The lowest BCUT2D eigenvalue weighted by molar-refractivity contribution is -0.116. The van der Waals surface area contributed by atoms with Gasteiger partial charge in [-0.3, -0.25) is 9.10 Å². The first-order chi connectivity index (χ1) is 13.3. The quantitative estimate of drug-likeness (QED) is 0.650. The SMILES string of the molecule is C=CCOc1ccc(NC(=O)[C@H](C)N(c2ccc(OC)cc2)S(C)(=O)=O)cc1. The van der Waals surface area contributed by atoms with E-state index in [0.717, 1.165) is 10.6 Å². The van der Waals surface area contributed by atoms with Gasteiger partial charge >= 0.3 is 0 Å². The molecule has 0 aliphatic carbocycles. The Morgan fingerprint density at radius 2 is 1.71 bits per heavy atom. The van der Waals surface area contributed by atoms with E-state index in [-0.39, 0.29) is 0 Å². The van der Waals surface area contributed by atoms with Crippen molar-refractivity contribution in [1.29, 1.82) is 0 Å². The van der Waals surface area contributed by atoms with Crippen LogP contribution in [0.15, 0.2) is 61.2 Å². The Labute approximate surface area is 165 Å². The highest BCUT2D eigenvalue weighted by atomic mass is 32.2. The van der Waals surface area contributed by atoms with Gasteiger partial charge in [-0.2, -0.15) is 0 Å². The van der Waals surface area contributed by atoms with Gasteiger partial charge in [0, 0.05) is 5.69 Å². The van der Waals surface area contributed by atoms with Crippen molar-refractivity contribution in [2.75, 3.05) is 29.6 Å². The van der Waals surface area contributed by atoms with Crippen molar-refractivity contribution in [3.05, 3.63) is 61.2 Å². The van der Waals surface area contributed by atoms with Gasteiger partial charge in [0.05, 0.1) is 19.1 Å². The van der Waals surface area contributed by atoms with Crippen LogP contribution >= 0.6 is 0 Å². The smallest absolute Gasteiger partial charge is 0.247 e. The van der Waals surface area contributed by atoms with Crippen LogP contribution in [-0.4, -0.2) is 40.3 Å². The minimum absolute atomic E-state index is 0.374. The zero-order valence-electron chi connectivity index (χ0n) is 16.1. The van der Waals surface area contributed by atoms with Crippen molar-refractivity contribution in [1.82, 2.24) is 0 Å². The van der Waals surface area contributed by atoms with Crippen LogP contribution in [-0.2, 0) is 14.8 Å². The molecule has 1 N–H and O–H groups in total. The summed E-state index contributed by atoms with van der Waals surface area (Å²) in [6.45, 7) is 5.49. The van der Waals surface area contributed by atoms with Gasteiger partial charge in [0.25, 0.3) is 0 Å². The maximum atomic E-state index is 12.7. The van der Waals surface area contributed by atoms with Crippen LogP contribution in [0, 0.1) is 0 Å². The number of benzene rings is 2. The molecule has 2 aromatic rings. The molecule has 0 saturated carbocycles. The Kier molecular flexibility index (Phi) is 7.06. The molecule has 0 heterocycles. The number of rotatable bonds is 9. The van der Waals surface area contributed by atoms with Crippen molar-refractivity contribution in [2.45, 2.75) is 13.0 Å². The molecule has 2 rings (SSSR count). The molecule has 2 aromatic carbocycles. The summed E-state index contributed by atoms with van der Waals surface area (Å²) in [5.74, 6) is 0.774. The van der Waals surface area contributed by atoms with E-state index in [1.165, 1.54) is 14.0 Å². The van der Waals surface area contributed by atoms with Crippen molar-refractivity contribution >= 4 is 27.3 Å². The van der Waals surface area contributed by atoms with E-state index in [1.807, 2.05) is 0 Å². The molecule has 0 aromatic heterocycles. The normalized spacial score (nSPS) is 12.0. The fourth-order valence-electron chi connectivity index (χ4n) is 2.57. The van der Waals surface area contributed by atoms with Crippen molar-refractivity contribution in [3.63, 3.8) is 0 Å². The second-order valence-corrected chi connectivity index (χ2v) is 7.91. The molecule has 0 saturated heterocycles. The number of hydrogen-bond donors (Lipinski definition) is 1. The lowest BCUT2D eigenvalue weighted by Crippen LogP contribution is -2.45. The van der Waals surface area contributed by atoms with E-state index in [0.29, 0.717) is 29.5 Å². The number of carbonyl (C=O) groups excluding carboxylic acids is 1. The van der Waals surface area contributed by atoms with Crippen LogP contribution in [0.3, 0.4) is 0 Å². The number of carbonyl (C=O) groups is 1. The number of nitrogens with one attached hydrogen (secondary N) is 1. The predicted octanol–water partition coefficient (Wildman–Crippen LogP) is 3.05. The number of methoxy groups -OCH3 is 1. The molecule has 1 atom stereocenters. The number of amides is 1. The summed E-state index contributed by atoms with van der Waals surface area (Å²) in [6.07, 6.45) is 2.70. The van der Waals surface area contributed by atoms with E-state index in [9.17, 15) is 13.2 Å². The van der Waals surface area contributed by atoms with Gasteiger partial charge in [-0.05, 0) is 55.5 Å². The lowest BCUT2D eigenvalue weighted by atomic mass is 10.2. The highest BCUT2D eigenvalue weighted by Gasteiger charge is 2.29. The van der Waals surface area contributed by atoms with Gasteiger partial charge in [0.1, 0.15) is 24.1 Å². The van der Waals surface area contributed by atoms with Crippen LogP contribution in [0.4, 0.5) is 11.4 Å². The van der Waals surface area contributed by atoms with Crippen LogP contribution in [0.25, 0.3) is 0 Å². The topological polar surface area (TPSA) is 84.9 Å². The summed E-state index contributed by atoms with van der Waals surface area (Å²) in [5.41, 5.74) is 0.908. The molecule has 0 fully saturated rings. The zero-order chi connectivity index (χ0) is 20.7. The van der Waals surface area contributed by atoms with E-state index in [1.54, 1.807) is 54.6 Å². The Balaban J connectivity index is 2.18. The standard InChI is InChI=1S/C20H24N2O5S/c1-5-14-27-19-10-6-16(7-11-19)21-20(23)15(2)22(28(4,24)25)17-8-12-18(26-3)13-9-17/h5-13,15H,1,14H2,2-4H3,(H,21,23)/t15-/m0/s1. The fourth-order valence-corrected chi connectivity index (χ4v) is 3.75. The molecule has 28 heavy (non-hydrogen) atoms. The van der Waals surface area contributed by atoms with Crippen LogP contribution in [0.1, 0.15) is 6.92 Å². The monoisotopic (exact) mass is 404 g/mol. The molecule has 0 spiro atoms. The van der Waals surface area contributed by atoms with Gasteiger partial charge in [0.2, 0.25) is 15.9 Å². The molecule has 0 bridgehead atoms. The van der Waals surface area contributed by atoms with Gasteiger partial charge in [-0.15, -0.1) is 0 Å². The number of hydrogen-bond acceptors (Lipinski definition) is 5. The molecule has 1 amide bonds. The molecule has 8 heteroatoms. The third-order valence-corrected chi connectivity index (χ3v) is 5.15. The highest BCUT2D eigenvalue weighted by molar-refractivity contribution is 7.92. The van der Waals surface area contributed by atoms with Crippen LogP contribution in [0.5, 0.6) is 11.5 Å². The second-order valence-electron chi connectivity index (χ2n) is 6.05. The fraction of sp³-hybridized carbons (Fsp3) is 0.250. The van der Waals surface area contributed by atoms with E-state index >= 15 is 0 Å². The summed E-state index contributed by atoms with van der Waals surface area (Å²) in [4.78, 5) is 12.7. The van der Waals surface area contributed by atoms with Crippen LogP contribution in [0.2, 0.25) is 0 Å². The molecular formula is C20H24N2O5S. The van der Waals surface area contributed by atoms with Crippen LogP contribution < -0.4 is 19.1 Å². The third-order valence-electron chi connectivity index (χ3n) is 3.91. The Morgan fingerprint density at radius 1 is 1.14 bits per heavy atom. The van der Waals surface area contributed by atoms with Crippen molar-refractivity contribution in [3.8, 4) is 11.5 Å². The highest BCUT2D eigenvalue weighted by Crippen LogP contribution is 2.24. The first kappa shape index (κ1) is 21.3. The van der Waals surface area contributed by atoms with E-state index < -0.39 is 22.0 Å². The minimum Gasteiger partial charge on any atom is -0.497 e. The third kappa shape index (κ3) is 5.50. The molecule has 0 aliphatic heterocycles. The molecule has 0 radical (unpaired) electrons. The number of anilines is 2. The Hall–Kier alpha value is -3.00. The number of sulfonamides is 1. The van der Waals surface area contributed by atoms with Crippen molar-refractivity contribution < 1.29 is 22.7 Å². The van der Waals surface area contributed by atoms with E-state index in [2.05, 4.69) is 11.9 Å². The molecule has 7 nitrogen and oxygen atoms in total. The summed E-state index contributed by atoms with van der Waals surface area (Å²) in [6, 6.07) is 12.3. The first-order valence-corrected chi connectivity index (χ1v) is 10.4. The Morgan fingerprint density at radius 3 is 2.21 bits per heavy atom. The minimum atomic E-state index is -3.69. The van der Waals surface area contributed by atoms with E-state index in [4.69, 9.17) is 9.47 Å². The molecular weight excluding hydrogens is 380 g/mol. The number of ether oxygens (including phenoxy) is 2. The summed E-state index contributed by atoms with van der Waals surface area (Å²) in [7, 11) is -2.17. The van der Waals surface area contributed by atoms with Crippen molar-refractivity contribution in [2.24, 2.45) is 0 Å². The number of nitrogens with zero attached hydrogens (tertiary/aromatic N) is 1. The molecule has 0 unspecified atom stereocenters. The predicted molar refractivity (Wildman–Crippen MR) is 111 cm³/mol. The maximum absolute atomic E-state index is 12.7. The average Bonchev–Trinajstić information content (AvgIpc) is 2.67. The maximum Gasteiger partial charge on any atom is 0.247 e. The van der Waals surface area contributed by atoms with Gasteiger partial charge in [0.15, 0.2) is 0 Å². The summed E-state index contributed by atoms with van der Waals surface area (Å²) in [5, 5.41) is 2.72.